The van der Waals surface area contributed by atoms with E-state index in [-0.39, 0.29) is 37.4 Å². The average Bonchev–Trinajstić information content (AvgIpc) is 3.23. The highest BCUT2D eigenvalue weighted by molar-refractivity contribution is 6.42. The van der Waals surface area contributed by atoms with Gasteiger partial charge in [-0.3, -0.25) is 9.59 Å². The monoisotopic (exact) mass is 530 g/mol. The Labute approximate surface area is 219 Å². The van der Waals surface area contributed by atoms with Gasteiger partial charge in [-0.15, -0.1) is 0 Å². The van der Waals surface area contributed by atoms with Crippen molar-refractivity contribution >= 4 is 35.0 Å². The number of aliphatic hydroxyl groups excluding tert-OH is 2. The smallest absolute Gasteiger partial charge is 0.247 e. The van der Waals surface area contributed by atoms with Gasteiger partial charge in [0.05, 0.1) is 28.6 Å². The van der Waals surface area contributed by atoms with Gasteiger partial charge in [0.1, 0.15) is 18.0 Å². The quantitative estimate of drug-likeness (QED) is 0.509. The molecule has 1 fully saturated rings. The van der Waals surface area contributed by atoms with Crippen LogP contribution in [0.3, 0.4) is 0 Å². The molecule has 0 spiro atoms. The molecule has 0 bridgehead atoms. The molecule has 7 nitrogen and oxygen atoms in total. The summed E-state index contributed by atoms with van der Waals surface area (Å²) < 4.78 is 6.16. The Bertz CT molecular complexity index is 1200. The number of nitrogens with zero attached hydrogens (tertiary/aromatic N) is 1. The normalized spacial score (nSPS) is 24.6. The number of fused-ring (bicyclic) bond motifs is 3. The van der Waals surface area contributed by atoms with Gasteiger partial charge in [0.15, 0.2) is 0 Å². The molecule has 2 aliphatic carbocycles. The van der Waals surface area contributed by atoms with Crippen LogP contribution in [0.1, 0.15) is 36.3 Å². The number of aliphatic hydroxyl groups is 2. The molecule has 1 heterocycles. The van der Waals surface area contributed by atoms with Crippen molar-refractivity contribution in [3.8, 4) is 5.75 Å². The lowest BCUT2D eigenvalue weighted by Gasteiger charge is -2.43. The summed E-state index contributed by atoms with van der Waals surface area (Å²) in [7, 11) is 0. The van der Waals surface area contributed by atoms with Crippen LogP contribution in [0.4, 0.5) is 0 Å². The van der Waals surface area contributed by atoms with Gasteiger partial charge in [0.2, 0.25) is 11.8 Å². The summed E-state index contributed by atoms with van der Waals surface area (Å²) in [5.41, 5.74) is 1.99. The lowest BCUT2D eigenvalue weighted by Crippen LogP contribution is -2.56. The molecule has 0 saturated heterocycles. The summed E-state index contributed by atoms with van der Waals surface area (Å²) in [5.74, 6) is -0.441. The second kappa shape index (κ2) is 10.4. The first kappa shape index (κ1) is 25.1. The molecule has 0 radical (unpaired) electrons. The first-order chi connectivity index (χ1) is 17.4. The molecule has 190 valence electrons. The first-order valence-electron chi connectivity index (χ1n) is 12.2. The zero-order valence-electron chi connectivity index (χ0n) is 19.6. The van der Waals surface area contributed by atoms with Gasteiger partial charge in [-0.05, 0) is 42.7 Å². The third-order valence-electron chi connectivity index (χ3n) is 7.31. The lowest BCUT2D eigenvalue weighted by molar-refractivity contribution is -0.144. The molecule has 2 aromatic rings. The fourth-order valence-electron chi connectivity index (χ4n) is 5.25. The van der Waals surface area contributed by atoms with Gasteiger partial charge in [-0.1, -0.05) is 53.9 Å². The van der Waals surface area contributed by atoms with Crippen LogP contribution in [0.2, 0.25) is 10.0 Å². The molecular formula is C27H28Cl2N2O5. The van der Waals surface area contributed by atoms with Crippen LogP contribution >= 0.6 is 23.2 Å². The number of rotatable bonds is 7. The van der Waals surface area contributed by atoms with Gasteiger partial charge in [0.25, 0.3) is 0 Å². The maximum absolute atomic E-state index is 13.6. The van der Waals surface area contributed by atoms with E-state index in [9.17, 15) is 19.8 Å². The van der Waals surface area contributed by atoms with Crippen LogP contribution < -0.4 is 10.1 Å². The zero-order valence-corrected chi connectivity index (χ0v) is 21.1. The van der Waals surface area contributed by atoms with E-state index in [0.29, 0.717) is 21.4 Å². The second-order valence-corrected chi connectivity index (χ2v) is 10.3. The van der Waals surface area contributed by atoms with Crippen molar-refractivity contribution < 1.29 is 24.5 Å². The number of amides is 2. The number of hydrogen-bond acceptors (Lipinski definition) is 5. The van der Waals surface area contributed by atoms with Crippen LogP contribution in [-0.4, -0.2) is 58.3 Å². The predicted molar refractivity (Wildman–Crippen MR) is 136 cm³/mol. The molecule has 9 heteroatoms. The van der Waals surface area contributed by atoms with Gasteiger partial charge in [-0.25, -0.2) is 0 Å². The van der Waals surface area contributed by atoms with E-state index >= 15 is 0 Å². The van der Waals surface area contributed by atoms with E-state index in [1.165, 1.54) is 0 Å². The van der Waals surface area contributed by atoms with E-state index in [4.69, 9.17) is 27.9 Å². The minimum absolute atomic E-state index is 0.0725. The predicted octanol–water partition coefficient (Wildman–Crippen LogP) is 3.44. The molecule has 1 saturated carbocycles. The number of nitrogens with one attached hydrogen (secondary N) is 1. The van der Waals surface area contributed by atoms with Crippen molar-refractivity contribution in [1.29, 1.82) is 0 Å². The van der Waals surface area contributed by atoms with Gasteiger partial charge in [0, 0.05) is 30.1 Å². The van der Waals surface area contributed by atoms with Crippen LogP contribution in [0.25, 0.3) is 0 Å². The minimum atomic E-state index is -1.07. The molecule has 2 aromatic carbocycles. The van der Waals surface area contributed by atoms with Crippen molar-refractivity contribution in [1.82, 2.24) is 10.2 Å². The number of halogens is 2. The van der Waals surface area contributed by atoms with Gasteiger partial charge >= 0.3 is 0 Å². The van der Waals surface area contributed by atoms with Crippen LogP contribution in [0.5, 0.6) is 5.75 Å². The summed E-state index contributed by atoms with van der Waals surface area (Å²) >= 11 is 12.3. The van der Waals surface area contributed by atoms with E-state index in [1.54, 1.807) is 29.2 Å². The van der Waals surface area contributed by atoms with Gasteiger partial charge < -0.3 is 25.2 Å². The Morgan fingerprint density at radius 2 is 1.89 bits per heavy atom. The standard InChI is InChI=1S/C27H28Cl2N2O5/c28-19-9-8-15(12-20(19)29)14-31(27(35)16-4-3-5-16)21-13-18(26(34)30-10-11-32)23-17-6-1-2-7-22(17)36-25(23)24(21)33/h1-2,6-9,12-13,16,21,23-25,32-33H,3-5,10-11,14H2,(H,30,34). The molecule has 4 unspecified atom stereocenters. The highest BCUT2D eigenvalue weighted by Gasteiger charge is 2.51. The molecule has 36 heavy (non-hydrogen) atoms. The number of hydrogen-bond donors (Lipinski definition) is 3. The second-order valence-electron chi connectivity index (χ2n) is 9.52. The number of para-hydroxylation sites is 1. The SMILES string of the molecule is O=C(NCCO)C1=CC(N(Cc2ccc(Cl)c(Cl)c2)C(=O)C2CCC2)C(O)C2Oc3ccccc3C12. The number of benzene rings is 2. The third-order valence-corrected chi connectivity index (χ3v) is 8.05. The van der Waals surface area contributed by atoms with Crippen LogP contribution in [-0.2, 0) is 16.1 Å². The molecule has 5 rings (SSSR count). The third kappa shape index (κ3) is 4.61. The van der Waals surface area contributed by atoms with Crippen molar-refractivity contribution in [3.05, 3.63) is 75.3 Å². The first-order valence-corrected chi connectivity index (χ1v) is 12.9. The number of ether oxygens (including phenoxy) is 1. The van der Waals surface area contributed by atoms with Crippen molar-refractivity contribution in [2.24, 2.45) is 5.92 Å². The highest BCUT2D eigenvalue weighted by Crippen LogP contribution is 2.47. The number of carbonyl (C=O) groups excluding carboxylic acids is 2. The summed E-state index contributed by atoms with van der Waals surface area (Å²) in [6.45, 7) is 0.0907. The van der Waals surface area contributed by atoms with Crippen molar-refractivity contribution in [3.63, 3.8) is 0 Å². The largest absolute Gasteiger partial charge is 0.486 e. The highest BCUT2D eigenvalue weighted by atomic mass is 35.5. The molecular weight excluding hydrogens is 503 g/mol. The Morgan fingerprint density at radius 3 is 2.58 bits per heavy atom. The van der Waals surface area contributed by atoms with Crippen molar-refractivity contribution in [2.45, 2.75) is 50.0 Å². The summed E-state index contributed by atoms with van der Waals surface area (Å²) in [5, 5.41) is 24.3. The molecule has 2 amide bonds. The van der Waals surface area contributed by atoms with Crippen LogP contribution in [0, 0.1) is 5.92 Å². The molecule has 4 atom stereocenters. The van der Waals surface area contributed by atoms with E-state index in [0.717, 1.165) is 30.4 Å². The Balaban J connectivity index is 1.55. The summed E-state index contributed by atoms with van der Waals surface area (Å²) in [4.78, 5) is 28.5. The maximum Gasteiger partial charge on any atom is 0.247 e. The Morgan fingerprint density at radius 1 is 1.11 bits per heavy atom. The fraction of sp³-hybridized carbons (Fsp3) is 0.407. The fourth-order valence-corrected chi connectivity index (χ4v) is 5.57. The molecule has 1 aliphatic heterocycles. The number of carbonyl (C=O) groups is 2. The summed E-state index contributed by atoms with van der Waals surface area (Å²) in [6.07, 6.45) is 2.46. The van der Waals surface area contributed by atoms with E-state index in [1.807, 2.05) is 24.3 Å². The van der Waals surface area contributed by atoms with Gasteiger partial charge in [-0.2, -0.15) is 0 Å². The molecule has 3 N–H and O–H groups in total. The van der Waals surface area contributed by atoms with E-state index in [2.05, 4.69) is 5.32 Å². The zero-order chi connectivity index (χ0) is 25.4. The van der Waals surface area contributed by atoms with E-state index < -0.39 is 24.2 Å². The maximum atomic E-state index is 13.6. The summed E-state index contributed by atoms with van der Waals surface area (Å²) in [6, 6.07) is 11.8. The lowest BCUT2D eigenvalue weighted by atomic mass is 9.76. The van der Waals surface area contributed by atoms with Crippen molar-refractivity contribution in [2.75, 3.05) is 13.2 Å². The topological polar surface area (TPSA) is 99.1 Å². The Kier molecular flexibility index (Phi) is 7.26. The Hall–Kier alpha value is -2.58. The molecule has 3 aliphatic rings. The molecule has 0 aromatic heterocycles. The average molecular weight is 531 g/mol. The van der Waals surface area contributed by atoms with Crippen LogP contribution in [0.15, 0.2) is 54.1 Å². The minimum Gasteiger partial charge on any atom is -0.486 e.